The van der Waals surface area contributed by atoms with Gasteiger partial charge in [0.25, 0.3) is 5.91 Å². The lowest BCUT2D eigenvalue weighted by atomic mass is 9.44. The van der Waals surface area contributed by atoms with Crippen molar-refractivity contribution < 1.29 is 9.90 Å². The van der Waals surface area contributed by atoms with Crippen molar-refractivity contribution in [3.05, 3.63) is 30.1 Å². The minimum Gasteiger partial charge on any atom is -0.393 e. The van der Waals surface area contributed by atoms with Gasteiger partial charge in [0.1, 0.15) is 0 Å². The van der Waals surface area contributed by atoms with Gasteiger partial charge in [0.15, 0.2) is 0 Å². The fraction of sp³-hybridized carbons (Fsp3) is 0.741. The van der Waals surface area contributed by atoms with Crippen molar-refractivity contribution in [3.63, 3.8) is 0 Å². The van der Waals surface area contributed by atoms with E-state index in [0.29, 0.717) is 22.8 Å². The van der Waals surface area contributed by atoms with Gasteiger partial charge in [0.2, 0.25) is 0 Å². The van der Waals surface area contributed by atoms with Crippen LogP contribution in [0, 0.1) is 40.4 Å². The quantitative estimate of drug-likeness (QED) is 0.504. The summed E-state index contributed by atoms with van der Waals surface area (Å²) < 4.78 is 0. The van der Waals surface area contributed by atoms with Gasteiger partial charge >= 0.3 is 0 Å². The number of hydrogen-bond donors (Lipinski definition) is 2. The van der Waals surface area contributed by atoms with Crippen LogP contribution in [-0.2, 0) is 0 Å². The molecule has 4 aliphatic rings. The third-order valence-electron chi connectivity index (χ3n) is 10.4. The van der Waals surface area contributed by atoms with Crippen LogP contribution in [0.2, 0.25) is 0 Å². The molecule has 0 radical (unpaired) electrons. The van der Waals surface area contributed by atoms with E-state index in [0.717, 1.165) is 36.3 Å². The third-order valence-corrected chi connectivity index (χ3v) is 10.4. The first-order valence-electron chi connectivity index (χ1n) is 12.8. The molecular weight excluding hydrogens is 398 g/mol. The highest BCUT2D eigenvalue weighted by atomic mass is 16.3. The molecule has 32 heavy (non-hydrogen) atoms. The fourth-order valence-corrected chi connectivity index (χ4v) is 8.70. The van der Waals surface area contributed by atoms with E-state index >= 15 is 0 Å². The zero-order chi connectivity index (χ0) is 22.5. The minimum atomic E-state index is -0.188. The number of carbonyl (C=O) groups is 1. The SMILES string of the molecule is C/C(=N/NC(=O)c1cccnc1)[C@H]1CC[C@H]2[C@@H]3CC[C@@H]4C[C@@H](O)CC[C@]4(C)[C@H]3CC[C@]12C. The first kappa shape index (κ1) is 22.1. The van der Waals surface area contributed by atoms with E-state index in [1.807, 2.05) is 0 Å². The molecule has 5 heteroatoms. The van der Waals surface area contributed by atoms with E-state index in [4.69, 9.17) is 0 Å². The monoisotopic (exact) mass is 437 g/mol. The first-order valence-corrected chi connectivity index (χ1v) is 12.8. The van der Waals surface area contributed by atoms with E-state index in [-0.39, 0.29) is 17.4 Å². The van der Waals surface area contributed by atoms with Gasteiger partial charge in [-0.2, -0.15) is 5.10 Å². The largest absolute Gasteiger partial charge is 0.393 e. The Hall–Kier alpha value is -1.75. The molecule has 5 rings (SSSR count). The highest BCUT2D eigenvalue weighted by molar-refractivity contribution is 5.95. The number of aliphatic hydroxyl groups is 1. The zero-order valence-electron chi connectivity index (χ0n) is 19.9. The van der Waals surface area contributed by atoms with E-state index in [1.165, 1.54) is 44.9 Å². The van der Waals surface area contributed by atoms with Crippen LogP contribution in [0.15, 0.2) is 29.6 Å². The van der Waals surface area contributed by atoms with Gasteiger partial charge in [0.05, 0.1) is 11.7 Å². The number of hydrazone groups is 1. The summed E-state index contributed by atoms with van der Waals surface area (Å²) in [5.41, 5.74) is 5.10. The molecule has 5 nitrogen and oxygen atoms in total. The van der Waals surface area contributed by atoms with Gasteiger partial charge in [-0.05, 0) is 111 Å². The second kappa shape index (κ2) is 8.23. The lowest BCUT2D eigenvalue weighted by Gasteiger charge is -2.61. The number of nitrogens with one attached hydrogen (secondary N) is 1. The molecule has 0 saturated heterocycles. The molecule has 0 unspecified atom stereocenters. The molecule has 8 atom stereocenters. The number of hydrogen-bond acceptors (Lipinski definition) is 4. The van der Waals surface area contributed by atoms with Crippen molar-refractivity contribution in [2.75, 3.05) is 0 Å². The third kappa shape index (κ3) is 3.52. The average molecular weight is 438 g/mol. The van der Waals surface area contributed by atoms with Gasteiger partial charge in [-0.3, -0.25) is 9.78 Å². The van der Waals surface area contributed by atoms with E-state index in [2.05, 4.69) is 36.3 Å². The second-order valence-corrected chi connectivity index (χ2v) is 11.7. The predicted octanol–water partition coefficient (Wildman–Crippen LogP) is 5.21. The molecule has 0 aromatic carbocycles. The van der Waals surface area contributed by atoms with Crippen LogP contribution in [0.3, 0.4) is 0 Å². The van der Waals surface area contributed by atoms with Crippen LogP contribution in [0.25, 0.3) is 0 Å². The van der Waals surface area contributed by atoms with Crippen molar-refractivity contribution in [1.29, 1.82) is 0 Å². The van der Waals surface area contributed by atoms with Gasteiger partial charge in [-0.15, -0.1) is 0 Å². The molecule has 0 bridgehead atoms. The molecule has 1 aromatic heterocycles. The molecular formula is C27H39N3O2. The molecule has 0 aliphatic heterocycles. The van der Waals surface area contributed by atoms with Gasteiger partial charge < -0.3 is 5.11 Å². The summed E-state index contributed by atoms with van der Waals surface area (Å²) in [7, 11) is 0. The number of carbonyl (C=O) groups excluding carboxylic acids is 1. The molecule has 2 N–H and O–H groups in total. The van der Waals surface area contributed by atoms with Crippen molar-refractivity contribution in [2.24, 2.45) is 45.5 Å². The molecule has 1 amide bonds. The minimum absolute atomic E-state index is 0.0740. The predicted molar refractivity (Wildman–Crippen MR) is 126 cm³/mol. The molecule has 174 valence electrons. The summed E-state index contributed by atoms with van der Waals surface area (Å²) in [6.07, 6.45) is 14.1. The maximum absolute atomic E-state index is 12.4. The maximum atomic E-state index is 12.4. The van der Waals surface area contributed by atoms with Crippen molar-refractivity contribution in [1.82, 2.24) is 10.4 Å². The summed E-state index contributed by atoms with van der Waals surface area (Å²) in [6.45, 7) is 7.16. The van der Waals surface area contributed by atoms with Crippen LogP contribution < -0.4 is 5.43 Å². The molecule has 1 aromatic rings. The Morgan fingerprint density at radius 2 is 1.88 bits per heavy atom. The molecule has 4 saturated carbocycles. The van der Waals surface area contributed by atoms with Crippen molar-refractivity contribution in [3.8, 4) is 0 Å². The van der Waals surface area contributed by atoms with Gasteiger partial charge in [-0.1, -0.05) is 13.8 Å². The Morgan fingerprint density at radius 3 is 2.66 bits per heavy atom. The molecule has 1 heterocycles. The van der Waals surface area contributed by atoms with Gasteiger partial charge in [-0.25, -0.2) is 5.43 Å². The normalized spacial score (nSPS) is 43.7. The van der Waals surface area contributed by atoms with Crippen LogP contribution >= 0.6 is 0 Å². The number of amides is 1. The topological polar surface area (TPSA) is 74.6 Å². The van der Waals surface area contributed by atoms with Crippen LogP contribution in [0.1, 0.15) is 88.9 Å². The van der Waals surface area contributed by atoms with E-state index in [1.54, 1.807) is 24.5 Å². The zero-order valence-corrected chi connectivity index (χ0v) is 19.9. The smallest absolute Gasteiger partial charge is 0.272 e. The van der Waals surface area contributed by atoms with Crippen LogP contribution in [0.5, 0.6) is 0 Å². The Labute approximate surface area is 192 Å². The van der Waals surface area contributed by atoms with E-state index < -0.39 is 0 Å². The molecule has 4 fully saturated rings. The number of pyridine rings is 1. The lowest BCUT2D eigenvalue weighted by molar-refractivity contribution is -0.123. The maximum Gasteiger partial charge on any atom is 0.272 e. The van der Waals surface area contributed by atoms with Crippen LogP contribution in [-0.4, -0.2) is 27.8 Å². The number of nitrogens with zero attached hydrogens (tertiary/aromatic N) is 2. The summed E-state index contributed by atoms with van der Waals surface area (Å²) in [6, 6.07) is 3.54. The standard InChI is InChI=1S/C27H39N3O2/c1-17(29-30-25(32)18-5-4-14-28-16-18)22-8-9-23-21-7-6-19-15-20(31)10-12-26(19,2)24(21)11-13-27(22,23)3/h4-5,14,16,19-24,31H,6-13,15H2,1-3H3,(H,30,32)/b29-17-/t19-,20+,21+,22-,23+,24+,26+,27-/m1/s1. The molecule has 0 spiro atoms. The number of aromatic nitrogens is 1. The Morgan fingerprint density at radius 1 is 1.09 bits per heavy atom. The summed E-state index contributed by atoms with van der Waals surface area (Å²) in [5.74, 6) is 3.35. The van der Waals surface area contributed by atoms with Gasteiger partial charge in [0, 0.05) is 24.0 Å². The first-order chi connectivity index (χ1) is 15.3. The summed E-state index contributed by atoms with van der Waals surface area (Å²) in [4.78, 5) is 16.5. The number of fused-ring (bicyclic) bond motifs is 5. The van der Waals surface area contributed by atoms with Crippen LogP contribution in [0.4, 0.5) is 0 Å². The second-order valence-electron chi connectivity index (χ2n) is 11.7. The number of rotatable bonds is 3. The van der Waals surface area contributed by atoms with Crippen molar-refractivity contribution >= 4 is 11.6 Å². The lowest BCUT2D eigenvalue weighted by Crippen LogP contribution is -2.54. The Kier molecular flexibility index (Phi) is 5.68. The van der Waals surface area contributed by atoms with E-state index in [9.17, 15) is 9.90 Å². The fourth-order valence-electron chi connectivity index (χ4n) is 8.70. The average Bonchev–Trinajstić information content (AvgIpc) is 3.15. The number of aliphatic hydroxyl groups excluding tert-OH is 1. The highest BCUT2D eigenvalue weighted by Gasteiger charge is 2.60. The summed E-state index contributed by atoms with van der Waals surface area (Å²) >= 11 is 0. The Bertz CT molecular complexity index is 886. The Balaban J connectivity index is 1.31. The highest BCUT2D eigenvalue weighted by Crippen LogP contribution is 2.67. The molecule has 4 aliphatic carbocycles. The summed E-state index contributed by atoms with van der Waals surface area (Å²) in [5, 5.41) is 14.8. The van der Waals surface area contributed by atoms with Crippen molar-refractivity contribution in [2.45, 2.75) is 84.7 Å².